The van der Waals surface area contributed by atoms with E-state index in [4.69, 9.17) is 4.42 Å². The molecule has 0 aromatic carbocycles. The summed E-state index contributed by atoms with van der Waals surface area (Å²) >= 11 is 1.24. The lowest BCUT2D eigenvalue weighted by Crippen LogP contribution is -2.43. The highest BCUT2D eigenvalue weighted by Gasteiger charge is 2.34. The third-order valence-electron chi connectivity index (χ3n) is 4.54. The van der Waals surface area contributed by atoms with Crippen molar-refractivity contribution in [1.29, 1.82) is 0 Å². The third kappa shape index (κ3) is 3.73. The fraction of sp³-hybridized carbons (Fsp3) is 0.353. The first-order chi connectivity index (χ1) is 13.4. The van der Waals surface area contributed by atoms with Crippen LogP contribution in [0.25, 0.3) is 11.6 Å². The molecule has 2 N–H and O–H groups in total. The number of nitrogens with one attached hydrogen (secondary N) is 2. The van der Waals surface area contributed by atoms with Gasteiger partial charge < -0.3 is 4.42 Å². The fourth-order valence-corrected chi connectivity index (χ4v) is 6.07. The maximum Gasteiger partial charge on any atom is 0.252 e. The van der Waals surface area contributed by atoms with E-state index in [1.165, 1.54) is 21.9 Å². The van der Waals surface area contributed by atoms with E-state index in [0.29, 0.717) is 35.2 Å². The Morgan fingerprint density at radius 1 is 1.39 bits per heavy atom. The molecule has 0 spiro atoms. The third-order valence-corrected chi connectivity index (χ3v) is 7.87. The van der Waals surface area contributed by atoms with E-state index in [0.717, 1.165) is 4.88 Å². The molecule has 148 valence electrons. The van der Waals surface area contributed by atoms with Gasteiger partial charge in [-0.15, -0.1) is 16.4 Å². The van der Waals surface area contributed by atoms with Crippen molar-refractivity contribution in [2.24, 2.45) is 5.92 Å². The molecule has 0 unspecified atom stereocenters. The molecule has 9 nitrogen and oxygen atoms in total. The van der Waals surface area contributed by atoms with Gasteiger partial charge in [0, 0.05) is 18.0 Å². The van der Waals surface area contributed by atoms with Crippen LogP contribution in [0.3, 0.4) is 0 Å². The Hall–Kier alpha value is -2.50. The van der Waals surface area contributed by atoms with Crippen LogP contribution in [0, 0.1) is 12.8 Å². The zero-order valence-electron chi connectivity index (χ0n) is 15.1. The first-order valence-electron chi connectivity index (χ1n) is 8.77. The number of sulfonamides is 1. The molecule has 0 bridgehead atoms. The summed E-state index contributed by atoms with van der Waals surface area (Å²) in [4.78, 5) is 17.7. The van der Waals surface area contributed by atoms with Gasteiger partial charge in [0.1, 0.15) is 4.21 Å². The van der Waals surface area contributed by atoms with Crippen LogP contribution >= 0.6 is 11.3 Å². The minimum Gasteiger partial charge on any atom is -0.461 e. The smallest absolute Gasteiger partial charge is 0.252 e. The highest BCUT2D eigenvalue weighted by Crippen LogP contribution is 2.28. The molecule has 3 aromatic rings. The molecule has 4 rings (SSSR count). The van der Waals surface area contributed by atoms with Crippen LogP contribution in [0.2, 0.25) is 0 Å². The molecule has 1 saturated heterocycles. The monoisotopic (exact) mass is 421 g/mol. The minimum absolute atomic E-state index is 0.130. The Labute approximate surface area is 165 Å². The Balaban J connectivity index is 1.44. The summed E-state index contributed by atoms with van der Waals surface area (Å²) in [6, 6.07) is 6.85. The number of anilines is 1. The number of amides is 1. The fourth-order valence-electron chi connectivity index (χ4n) is 3.11. The molecule has 28 heavy (non-hydrogen) atoms. The van der Waals surface area contributed by atoms with Crippen molar-refractivity contribution in [2.45, 2.75) is 24.0 Å². The van der Waals surface area contributed by atoms with Crippen molar-refractivity contribution in [3.63, 3.8) is 0 Å². The Morgan fingerprint density at radius 2 is 2.25 bits per heavy atom. The number of hydrogen-bond acceptors (Lipinski definition) is 7. The second-order valence-corrected chi connectivity index (χ2v) is 9.99. The van der Waals surface area contributed by atoms with Gasteiger partial charge in [-0.05, 0) is 44.0 Å². The largest absolute Gasteiger partial charge is 0.461 e. The summed E-state index contributed by atoms with van der Waals surface area (Å²) in [5.74, 6) is 0.281. The number of piperidine rings is 1. The van der Waals surface area contributed by atoms with Gasteiger partial charge in [-0.2, -0.15) is 9.29 Å². The number of carbonyl (C=O) groups excluding carboxylic acids is 1. The second kappa shape index (κ2) is 7.49. The standard InChI is InChI=1S/C17H19N5O4S2/c1-11-6-7-14(27-11)28(24,25)22-8-2-4-12(10-22)16(23)19-17-18-15(20-21-17)13-5-3-9-26-13/h3,5-7,9,12H,2,4,8,10H2,1H3,(H2,18,19,20,21,23)/t12-/m0/s1. The molecule has 0 radical (unpaired) electrons. The number of furan rings is 1. The molecule has 3 aromatic heterocycles. The van der Waals surface area contributed by atoms with Crippen LogP contribution in [-0.4, -0.2) is 46.9 Å². The van der Waals surface area contributed by atoms with Crippen molar-refractivity contribution in [3.05, 3.63) is 35.4 Å². The lowest BCUT2D eigenvalue weighted by Gasteiger charge is -2.30. The van der Waals surface area contributed by atoms with E-state index in [9.17, 15) is 13.2 Å². The van der Waals surface area contributed by atoms with E-state index >= 15 is 0 Å². The first-order valence-corrected chi connectivity index (χ1v) is 11.0. The van der Waals surface area contributed by atoms with Crippen LogP contribution in [0.5, 0.6) is 0 Å². The van der Waals surface area contributed by atoms with Crippen LogP contribution in [0.15, 0.2) is 39.2 Å². The van der Waals surface area contributed by atoms with Gasteiger partial charge in [-0.3, -0.25) is 15.2 Å². The number of thiophene rings is 1. The summed E-state index contributed by atoms with van der Waals surface area (Å²) in [5.41, 5.74) is 0. The highest BCUT2D eigenvalue weighted by atomic mass is 32.2. The van der Waals surface area contributed by atoms with Gasteiger partial charge in [0.15, 0.2) is 11.6 Å². The summed E-state index contributed by atoms with van der Waals surface area (Å²) in [6.45, 7) is 2.41. The van der Waals surface area contributed by atoms with Crippen LogP contribution < -0.4 is 5.32 Å². The van der Waals surface area contributed by atoms with Crippen LogP contribution in [0.4, 0.5) is 5.95 Å². The maximum absolute atomic E-state index is 12.8. The molecule has 0 aliphatic carbocycles. The first kappa shape index (κ1) is 18.8. The van der Waals surface area contributed by atoms with Gasteiger partial charge in [-0.25, -0.2) is 8.42 Å². The molecular formula is C17H19N5O4S2. The molecule has 0 saturated carbocycles. The predicted octanol–water partition coefficient (Wildman–Crippen LogP) is 2.47. The Kier molecular flexibility index (Phi) is 5.04. The van der Waals surface area contributed by atoms with Gasteiger partial charge in [0.05, 0.1) is 12.2 Å². The molecular weight excluding hydrogens is 402 g/mol. The Bertz CT molecular complexity index is 1070. The molecule has 1 aliphatic heterocycles. The van der Waals surface area contributed by atoms with E-state index in [1.54, 1.807) is 24.3 Å². The van der Waals surface area contributed by atoms with Gasteiger partial charge >= 0.3 is 0 Å². The molecule has 11 heteroatoms. The van der Waals surface area contributed by atoms with E-state index in [2.05, 4.69) is 20.5 Å². The lowest BCUT2D eigenvalue weighted by molar-refractivity contribution is -0.120. The summed E-state index contributed by atoms with van der Waals surface area (Å²) in [7, 11) is -3.58. The van der Waals surface area contributed by atoms with Crippen LogP contribution in [-0.2, 0) is 14.8 Å². The predicted molar refractivity (Wildman–Crippen MR) is 103 cm³/mol. The highest BCUT2D eigenvalue weighted by molar-refractivity contribution is 7.91. The molecule has 1 fully saturated rings. The number of aryl methyl sites for hydroxylation is 1. The van der Waals surface area contributed by atoms with Gasteiger partial charge in [-0.1, -0.05) is 0 Å². The van der Waals surface area contributed by atoms with Crippen molar-refractivity contribution in [1.82, 2.24) is 19.5 Å². The van der Waals surface area contributed by atoms with Gasteiger partial charge in [0.2, 0.25) is 11.9 Å². The zero-order valence-corrected chi connectivity index (χ0v) is 16.7. The number of H-pyrrole nitrogens is 1. The maximum atomic E-state index is 12.8. The van der Waals surface area contributed by atoms with Crippen molar-refractivity contribution < 1.29 is 17.6 Å². The van der Waals surface area contributed by atoms with Gasteiger partial charge in [0.25, 0.3) is 10.0 Å². The second-order valence-electron chi connectivity index (χ2n) is 6.54. The summed E-state index contributed by atoms with van der Waals surface area (Å²) in [6.07, 6.45) is 2.74. The van der Waals surface area contributed by atoms with Crippen molar-refractivity contribution in [2.75, 3.05) is 18.4 Å². The van der Waals surface area contributed by atoms with E-state index in [1.807, 2.05) is 6.92 Å². The van der Waals surface area contributed by atoms with E-state index < -0.39 is 15.9 Å². The van der Waals surface area contributed by atoms with Crippen molar-refractivity contribution in [3.8, 4) is 11.6 Å². The molecule has 1 aliphatic rings. The molecule has 1 amide bonds. The number of rotatable bonds is 5. The number of hydrogen-bond donors (Lipinski definition) is 2. The minimum atomic E-state index is -3.58. The number of carbonyl (C=O) groups is 1. The SMILES string of the molecule is Cc1ccc(S(=O)(=O)N2CCC[C@H](C(=O)Nc3n[nH]c(-c4ccco4)n3)C2)s1. The van der Waals surface area contributed by atoms with Crippen LogP contribution in [0.1, 0.15) is 17.7 Å². The normalized spacial score (nSPS) is 18.2. The zero-order chi connectivity index (χ0) is 19.7. The average Bonchev–Trinajstić information content (AvgIpc) is 3.43. The van der Waals surface area contributed by atoms with E-state index in [-0.39, 0.29) is 18.4 Å². The topological polar surface area (TPSA) is 121 Å². The summed E-state index contributed by atoms with van der Waals surface area (Å²) < 4.78 is 32.6. The average molecular weight is 422 g/mol. The number of nitrogens with zero attached hydrogens (tertiary/aromatic N) is 3. The quantitative estimate of drug-likeness (QED) is 0.653. The number of aromatic amines is 1. The molecule has 4 heterocycles. The lowest BCUT2D eigenvalue weighted by atomic mass is 9.99. The summed E-state index contributed by atoms with van der Waals surface area (Å²) in [5, 5.41) is 9.32. The van der Waals surface area contributed by atoms with Crippen molar-refractivity contribution >= 4 is 33.2 Å². The Morgan fingerprint density at radius 3 is 2.96 bits per heavy atom. The number of aromatic nitrogens is 3. The molecule has 1 atom stereocenters.